The quantitative estimate of drug-likeness (QED) is 0.553. The second kappa shape index (κ2) is 7.72. The number of rotatable bonds is 3. The Bertz CT molecular complexity index is 706. The third-order valence-electron chi connectivity index (χ3n) is 4.90. The molecule has 7 nitrogen and oxygen atoms in total. The van der Waals surface area contributed by atoms with Crippen LogP contribution in [-0.4, -0.2) is 55.9 Å². The van der Waals surface area contributed by atoms with Gasteiger partial charge in [0.25, 0.3) is 0 Å². The number of nitrogens with zero attached hydrogens (tertiary/aromatic N) is 2. The van der Waals surface area contributed by atoms with Crippen molar-refractivity contribution >= 4 is 23.5 Å². The Hall–Kier alpha value is -2.64. The normalized spacial score (nSPS) is 23.1. The van der Waals surface area contributed by atoms with Crippen LogP contribution in [0.1, 0.15) is 19.3 Å². The van der Waals surface area contributed by atoms with Crippen LogP contribution in [-0.2, 0) is 9.59 Å². The maximum atomic E-state index is 12.9. The van der Waals surface area contributed by atoms with E-state index in [1.165, 1.54) is 24.3 Å². The number of likely N-dealkylation sites (tertiary alicyclic amines) is 1. The van der Waals surface area contributed by atoms with Crippen LogP contribution < -0.4 is 16.0 Å². The first-order valence-electron chi connectivity index (χ1n) is 8.77. The molecule has 3 N–H and O–H groups in total. The number of nitrogens with one attached hydrogen (secondary N) is 3. The van der Waals surface area contributed by atoms with E-state index in [1.54, 1.807) is 7.05 Å². The van der Waals surface area contributed by atoms with Crippen molar-refractivity contribution in [2.45, 2.75) is 19.3 Å². The van der Waals surface area contributed by atoms with E-state index in [-0.39, 0.29) is 29.6 Å². The predicted octanol–water partition coefficient (Wildman–Crippen LogP) is 0.942. The van der Waals surface area contributed by atoms with Gasteiger partial charge in [0.2, 0.25) is 11.8 Å². The van der Waals surface area contributed by atoms with Crippen molar-refractivity contribution in [3.8, 4) is 0 Å². The molecule has 3 rings (SSSR count). The number of halogens is 1. The highest BCUT2D eigenvalue weighted by molar-refractivity contribution is 5.95. The Morgan fingerprint density at radius 1 is 1.38 bits per heavy atom. The molecule has 2 fully saturated rings. The number of carbonyl (C=O) groups is 2. The molecule has 2 saturated heterocycles. The number of anilines is 1. The molecule has 1 spiro atoms. The van der Waals surface area contributed by atoms with Crippen LogP contribution in [0.25, 0.3) is 0 Å². The van der Waals surface area contributed by atoms with Gasteiger partial charge in [0, 0.05) is 44.2 Å². The van der Waals surface area contributed by atoms with Gasteiger partial charge in [0.15, 0.2) is 5.96 Å². The van der Waals surface area contributed by atoms with Gasteiger partial charge in [-0.1, -0.05) is 0 Å². The molecular formula is C18H24FN5O2. The summed E-state index contributed by atoms with van der Waals surface area (Å²) in [5.74, 6) is 0.175. The fourth-order valence-electron chi connectivity index (χ4n) is 3.66. The van der Waals surface area contributed by atoms with Crippen molar-refractivity contribution in [3.63, 3.8) is 0 Å². The Morgan fingerprint density at radius 3 is 2.81 bits per heavy atom. The van der Waals surface area contributed by atoms with Gasteiger partial charge in [0.05, 0.1) is 6.54 Å². The van der Waals surface area contributed by atoms with Crippen LogP contribution in [0.2, 0.25) is 0 Å². The van der Waals surface area contributed by atoms with Crippen molar-refractivity contribution in [2.24, 2.45) is 10.4 Å². The van der Waals surface area contributed by atoms with Crippen molar-refractivity contribution < 1.29 is 14.0 Å². The molecule has 140 valence electrons. The third kappa shape index (κ3) is 4.30. The van der Waals surface area contributed by atoms with Gasteiger partial charge in [-0.15, -0.1) is 0 Å². The van der Waals surface area contributed by atoms with Gasteiger partial charge in [-0.05, 0) is 37.1 Å². The summed E-state index contributed by atoms with van der Waals surface area (Å²) in [6, 6.07) is 5.62. The van der Waals surface area contributed by atoms with Crippen LogP contribution in [0.5, 0.6) is 0 Å². The highest BCUT2D eigenvalue weighted by Crippen LogP contribution is 2.35. The molecule has 2 heterocycles. The number of piperidine rings is 1. The van der Waals surface area contributed by atoms with Crippen LogP contribution in [0.4, 0.5) is 10.1 Å². The third-order valence-corrected chi connectivity index (χ3v) is 4.90. The molecule has 0 saturated carbocycles. The van der Waals surface area contributed by atoms with Gasteiger partial charge in [-0.25, -0.2) is 4.39 Å². The number of guanidine groups is 1. The summed E-state index contributed by atoms with van der Waals surface area (Å²) >= 11 is 0. The van der Waals surface area contributed by atoms with E-state index in [0.29, 0.717) is 24.6 Å². The summed E-state index contributed by atoms with van der Waals surface area (Å²) in [6.07, 6.45) is 2.55. The van der Waals surface area contributed by atoms with Gasteiger partial charge in [0.1, 0.15) is 5.82 Å². The van der Waals surface area contributed by atoms with Gasteiger partial charge >= 0.3 is 0 Å². The molecule has 26 heavy (non-hydrogen) atoms. The fourth-order valence-corrected chi connectivity index (χ4v) is 3.66. The average Bonchev–Trinajstić information content (AvgIpc) is 2.97. The smallest absolute Gasteiger partial charge is 0.243 e. The van der Waals surface area contributed by atoms with Crippen LogP contribution in [0, 0.1) is 11.2 Å². The summed E-state index contributed by atoms with van der Waals surface area (Å²) in [7, 11) is 1.68. The molecule has 2 amide bonds. The number of benzene rings is 1. The number of carbonyl (C=O) groups excluding carboxylic acids is 2. The molecule has 0 bridgehead atoms. The van der Waals surface area contributed by atoms with Crippen molar-refractivity contribution in [3.05, 3.63) is 30.1 Å². The fraction of sp³-hybridized carbons (Fsp3) is 0.500. The number of hydrogen-bond acceptors (Lipinski definition) is 3. The highest BCUT2D eigenvalue weighted by atomic mass is 19.1. The van der Waals surface area contributed by atoms with E-state index in [9.17, 15) is 14.0 Å². The van der Waals surface area contributed by atoms with Crippen molar-refractivity contribution in [1.29, 1.82) is 0 Å². The minimum Gasteiger partial charge on any atom is -0.355 e. The van der Waals surface area contributed by atoms with E-state index in [4.69, 9.17) is 0 Å². The predicted molar refractivity (Wildman–Crippen MR) is 97.3 cm³/mol. The number of hydrogen-bond donors (Lipinski definition) is 3. The Labute approximate surface area is 152 Å². The Morgan fingerprint density at radius 2 is 2.15 bits per heavy atom. The first-order chi connectivity index (χ1) is 12.5. The summed E-state index contributed by atoms with van der Waals surface area (Å²) in [5.41, 5.74) is 0.504. The monoisotopic (exact) mass is 361 g/mol. The molecule has 1 aromatic carbocycles. The number of amides is 2. The first kappa shape index (κ1) is 18.2. The molecule has 0 radical (unpaired) electrons. The zero-order valence-electron chi connectivity index (χ0n) is 14.8. The Kier molecular flexibility index (Phi) is 5.39. The van der Waals surface area contributed by atoms with Crippen LogP contribution in [0.15, 0.2) is 29.3 Å². The maximum absolute atomic E-state index is 12.9. The van der Waals surface area contributed by atoms with E-state index in [0.717, 1.165) is 25.9 Å². The van der Waals surface area contributed by atoms with Crippen molar-refractivity contribution in [2.75, 3.05) is 38.5 Å². The molecule has 1 aromatic rings. The topological polar surface area (TPSA) is 85.8 Å². The van der Waals surface area contributed by atoms with E-state index in [1.807, 2.05) is 0 Å². The summed E-state index contributed by atoms with van der Waals surface area (Å²) in [6.45, 7) is 2.34. The largest absolute Gasteiger partial charge is 0.355 e. The minimum atomic E-state index is -0.347. The molecular weight excluding hydrogens is 337 g/mol. The minimum absolute atomic E-state index is 0.0384. The van der Waals surface area contributed by atoms with Crippen LogP contribution in [0.3, 0.4) is 0 Å². The van der Waals surface area contributed by atoms with Gasteiger partial charge < -0.3 is 20.9 Å². The summed E-state index contributed by atoms with van der Waals surface area (Å²) in [5, 5.41) is 8.70. The second-order valence-corrected chi connectivity index (χ2v) is 6.93. The lowest BCUT2D eigenvalue weighted by Gasteiger charge is -2.40. The van der Waals surface area contributed by atoms with Gasteiger partial charge in [-0.2, -0.15) is 0 Å². The van der Waals surface area contributed by atoms with Crippen LogP contribution >= 0.6 is 0 Å². The molecule has 2 aliphatic rings. The lowest BCUT2D eigenvalue weighted by Crippen LogP contribution is -2.52. The highest BCUT2D eigenvalue weighted by Gasteiger charge is 2.42. The molecule has 1 unspecified atom stereocenters. The molecule has 8 heteroatoms. The SMILES string of the molecule is CN=C(NCC(=O)Nc1ccc(F)cc1)N1CCCC2(CNC(=O)C2)C1. The van der Waals surface area contributed by atoms with Crippen molar-refractivity contribution in [1.82, 2.24) is 15.5 Å². The Balaban J connectivity index is 1.53. The standard InChI is InChI=1S/C18H24FN5O2/c1-20-17(21-10-16(26)23-14-5-3-13(19)4-6-14)24-8-2-7-18(12-24)9-15(25)22-11-18/h3-6H,2,7-12H2,1H3,(H,20,21)(H,22,25)(H,23,26). The van der Waals surface area contributed by atoms with E-state index in [2.05, 4.69) is 25.8 Å². The maximum Gasteiger partial charge on any atom is 0.243 e. The van der Waals surface area contributed by atoms with E-state index >= 15 is 0 Å². The zero-order chi connectivity index (χ0) is 18.6. The molecule has 0 aromatic heterocycles. The first-order valence-corrected chi connectivity index (χ1v) is 8.77. The molecule has 2 aliphatic heterocycles. The lowest BCUT2D eigenvalue weighted by molar-refractivity contribution is -0.120. The zero-order valence-corrected chi connectivity index (χ0v) is 14.8. The molecule has 0 aliphatic carbocycles. The second-order valence-electron chi connectivity index (χ2n) is 6.93. The van der Waals surface area contributed by atoms with Gasteiger partial charge in [-0.3, -0.25) is 14.6 Å². The average molecular weight is 361 g/mol. The molecule has 1 atom stereocenters. The number of aliphatic imine (C=N–C) groups is 1. The van der Waals surface area contributed by atoms with E-state index < -0.39 is 0 Å². The lowest BCUT2D eigenvalue weighted by atomic mass is 9.79. The summed E-state index contributed by atoms with van der Waals surface area (Å²) < 4.78 is 12.9. The summed E-state index contributed by atoms with van der Waals surface area (Å²) in [4.78, 5) is 30.1.